The van der Waals surface area contributed by atoms with Crippen LogP contribution in [0.2, 0.25) is 0 Å². The van der Waals surface area contributed by atoms with Crippen molar-refractivity contribution in [2.75, 3.05) is 23.3 Å². The summed E-state index contributed by atoms with van der Waals surface area (Å²) in [7, 11) is 0. The highest BCUT2D eigenvalue weighted by molar-refractivity contribution is 9.10. The summed E-state index contributed by atoms with van der Waals surface area (Å²) in [6, 6.07) is 13.5. The first kappa shape index (κ1) is 20.1. The Morgan fingerprint density at radius 1 is 1.19 bits per heavy atom. The number of rotatable bonds is 4. The highest BCUT2D eigenvalue weighted by atomic mass is 79.9. The van der Waals surface area contributed by atoms with Gasteiger partial charge in [-0.3, -0.25) is 0 Å². The average Bonchev–Trinajstić information content (AvgIpc) is 2.65. The number of nitrogens with zero attached hydrogens (tertiary/aromatic N) is 1. The minimum Gasteiger partial charge on any atom is -0.372 e. The Hall–Kier alpha value is -1.66. The molecule has 1 fully saturated rings. The molecule has 1 heterocycles. The van der Waals surface area contributed by atoms with Crippen molar-refractivity contribution in [2.24, 2.45) is 5.92 Å². The standard InChI is InChI=1S/C21H25BrFN3S/c1-14-9-11-26(12-10-14)18-6-3-16(4-7-18)15(2)24-21(27)25-20-8-5-17(22)13-19(20)23/h3-8,13-15H,9-12H2,1-2H3,(H2,24,25,27)/t15-/m0/s1. The molecular weight excluding hydrogens is 425 g/mol. The summed E-state index contributed by atoms with van der Waals surface area (Å²) in [4.78, 5) is 2.45. The second-order valence-electron chi connectivity index (χ2n) is 7.21. The SMILES string of the molecule is CC1CCN(c2ccc([C@H](C)NC(=S)Nc3ccc(Br)cc3F)cc2)CC1. The van der Waals surface area contributed by atoms with E-state index < -0.39 is 0 Å². The molecular formula is C21H25BrFN3S. The third kappa shape index (κ3) is 5.42. The normalized spacial score (nSPS) is 16.1. The molecule has 1 atom stereocenters. The predicted molar refractivity (Wildman–Crippen MR) is 119 cm³/mol. The van der Waals surface area contributed by atoms with E-state index in [9.17, 15) is 4.39 Å². The van der Waals surface area contributed by atoms with Crippen LogP contribution in [0.4, 0.5) is 15.8 Å². The Balaban J connectivity index is 1.57. The van der Waals surface area contributed by atoms with Gasteiger partial charge in [-0.25, -0.2) is 4.39 Å². The van der Waals surface area contributed by atoms with Crippen LogP contribution in [0, 0.1) is 11.7 Å². The van der Waals surface area contributed by atoms with Gasteiger partial charge in [-0.15, -0.1) is 0 Å². The fourth-order valence-corrected chi connectivity index (χ4v) is 3.89. The molecule has 0 aromatic heterocycles. The van der Waals surface area contributed by atoms with Crippen molar-refractivity contribution in [3.63, 3.8) is 0 Å². The molecule has 1 aliphatic heterocycles. The van der Waals surface area contributed by atoms with Gasteiger partial charge in [-0.1, -0.05) is 35.0 Å². The Labute approximate surface area is 174 Å². The largest absolute Gasteiger partial charge is 0.372 e. The van der Waals surface area contributed by atoms with E-state index in [1.165, 1.54) is 24.6 Å². The van der Waals surface area contributed by atoms with Crippen molar-refractivity contribution >= 4 is 44.6 Å². The maximum atomic E-state index is 13.9. The van der Waals surface area contributed by atoms with E-state index in [0.29, 0.717) is 15.3 Å². The first-order valence-electron chi connectivity index (χ1n) is 9.30. The lowest BCUT2D eigenvalue weighted by Gasteiger charge is -2.32. The van der Waals surface area contributed by atoms with Crippen molar-refractivity contribution < 1.29 is 4.39 Å². The van der Waals surface area contributed by atoms with E-state index in [1.54, 1.807) is 12.1 Å². The number of nitrogens with one attached hydrogen (secondary N) is 2. The van der Waals surface area contributed by atoms with Crippen LogP contribution in [-0.2, 0) is 0 Å². The Morgan fingerprint density at radius 2 is 1.85 bits per heavy atom. The zero-order valence-corrected chi connectivity index (χ0v) is 18.0. The number of benzene rings is 2. The van der Waals surface area contributed by atoms with Gasteiger partial charge in [0, 0.05) is 23.2 Å². The monoisotopic (exact) mass is 449 g/mol. The van der Waals surface area contributed by atoms with Crippen LogP contribution in [-0.4, -0.2) is 18.2 Å². The quantitative estimate of drug-likeness (QED) is 0.570. The van der Waals surface area contributed by atoms with Gasteiger partial charge in [-0.05, 0) is 73.8 Å². The van der Waals surface area contributed by atoms with E-state index in [0.717, 1.165) is 24.6 Å². The molecule has 2 N–H and O–H groups in total. The van der Waals surface area contributed by atoms with E-state index in [2.05, 4.69) is 62.7 Å². The van der Waals surface area contributed by atoms with Gasteiger partial charge in [0.15, 0.2) is 5.11 Å². The maximum absolute atomic E-state index is 13.9. The van der Waals surface area contributed by atoms with Gasteiger partial charge in [0.1, 0.15) is 5.82 Å². The van der Waals surface area contributed by atoms with Crippen LogP contribution < -0.4 is 15.5 Å². The first-order valence-corrected chi connectivity index (χ1v) is 10.5. The molecule has 144 valence electrons. The van der Waals surface area contributed by atoms with Crippen LogP contribution in [0.15, 0.2) is 46.9 Å². The minimum absolute atomic E-state index is 0.0268. The summed E-state index contributed by atoms with van der Waals surface area (Å²) in [5, 5.41) is 6.54. The van der Waals surface area contributed by atoms with Crippen molar-refractivity contribution in [1.29, 1.82) is 0 Å². The first-order chi connectivity index (χ1) is 12.9. The minimum atomic E-state index is -0.346. The molecule has 3 nitrogen and oxygen atoms in total. The summed E-state index contributed by atoms with van der Waals surface area (Å²) in [5.41, 5.74) is 2.78. The average molecular weight is 450 g/mol. The molecule has 0 aliphatic carbocycles. The molecule has 0 saturated carbocycles. The van der Waals surface area contributed by atoms with Crippen LogP contribution in [0.25, 0.3) is 0 Å². The van der Waals surface area contributed by atoms with Crippen LogP contribution in [0.5, 0.6) is 0 Å². The highest BCUT2D eigenvalue weighted by Crippen LogP contribution is 2.25. The predicted octanol–water partition coefficient (Wildman–Crippen LogP) is 5.87. The lowest BCUT2D eigenvalue weighted by molar-refractivity contribution is 0.438. The van der Waals surface area contributed by atoms with E-state index in [1.807, 2.05) is 6.92 Å². The number of piperidine rings is 1. The summed E-state index contributed by atoms with van der Waals surface area (Å²) in [5.74, 6) is 0.482. The van der Waals surface area contributed by atoms with Gasteiger partial charge in [-0.2, -0.15) is 0 Å². The van der Waals surface area contributed by atoms with Crippen LogP contribution in [0.3, 0.4) is 0 Å². The smallest absolute Gasteiger partial charge is 0.171 e. The fraction of sp³-hybridized carbons (Fsp3) is 0.381. The number of hydrogen-bond donors (Lipinski definition) is 2. The number of anilines is 2. The van der Waals surface area contributed by atoms with Crippen molar-refractivity contribution in [3.8, 4) is 0 Å². The van der Waals surface area contributed by atoms with E-state index >= 15 is 0 Å². The van der Waals surface area contributed by atoms with Crippen LogP contribution >= 0.6 is 28.1 Å². The molecule has 3 rings (SSSR count). The van der Waals surface area contributed by atoms with E-state index in [-0.39, 0.29) is 11.9 Å². The van der Waals surface area contributed by atoms with Crippen LogP contribution in [0.1, 0.15) is 38.3 Å². The van der Waals surface area contributed by atoms with Gasteiger partial charge in [0.25, 0.3) is 0 Å². The molecule has 1 saturated heterocycles. The number of hydrogen-bond acceptors (Lipinski definition) is 2. The zero-order valence-electron chi connectivity index (χ0n) is 15.6. The third-order valence-electron chi connectivity index (χ3n) is 5.07. The number of thiocarbonyl (C=S) groups is 1. The van der Waals surface area contributed by atoms with Gasteiger partial charge in [0.2, 0.25) is 0 Å². The van der Waals surface area contributed by atoms with Gasteiger partial charge < -0.3 is 15.5 Å². The Bertz CT molecular complexity index is 789. The molecule has 1 aliphatic rings. The summed E-state index contributed by atoms with van der Waals surface area (Å²) in [6.07, 6.45) is 2.51. The highest BCUT2D eigenvalue weighted by Gasteiger charge is 2.16. The Morgan fingerprint density at radius 3 is 2.48 bits per heavy atom. The number of halogens is 2. The topological polar surface area (TPSA) is 27.3 Å². The molecule has 27 heavy (non-hydrogen) atoms. The molecule has 0 radical (unpaired) electrons. The molecule has 0 bridgehead atoms. The lowest BCUT2D eigenvalue weighted by atomic mass is 9.98. The van der Waals surface area contributed by atoms with E-state index in [4.69, 9.17) is 12.2 Å². The third-order valence-corrected chi connectivity index (χ3v) is 5.78. The van der Waals surface area contributed by atoms with Gasteiger partial charge in [0.05, 0.1) is 11.7 Å². The van der Waals surface area contributed by atoms with Crippen molar-refractivity contribution in [2.45, 2.75) is 32.7 Å². The second-order valence-corrected chi connectivity index (χ2v) is 8.53. The fourth-order valence-electron chi connectivity index (χ4n) is 3.27. The summed E-state index contributed by atoms with van der Waals surface area (Å²) < 4.78 is 14.6. The van der Waals surface area contributed by atoms with Crippen molar-refractivity contribution in [1.82, 2.24) is 5.32 Å². The molecule has 0 amide bonds. The molecule has 2 aromatic rings. The molecule has 6 heteroatoms. The Kier molecular flexibility index (Phi) is 6.71. The lowest BCUT2D eigenvalue weighted by Crippen LogP contribution is -2.33. The van der Waals surface area contributed by atoms with Gasteiger partial charge >= 0.3 is 0 Å². The van der Waals surface area contributed by atoms with Crippen molar-refractivity contribution in [3.05, 3.63) is 58.3 Å². The molecule has 0 unspecified atom stereocenters. The molecule has 0 spiro atoms. The molecule has 2 aromatic carbocycles. The second kappa shape index (κ2) is 9.02. The maximum Gasteiger partial charge on any atom is 0.171 e. The summed E-state index contributed by atoms with van der Waals surface area (Å²) >= 11 is 8.59. The summed E-state index contributed by atoms with van der Waals surface area (Å²) in [6.45, 7) is 6.62. The zero-order chi connectivity index (χ0) is 19.4.